The molecule has 6 rings (SSSR count). The van der Waals surface area contributed by atoms with Crippen molar-refractivity contribution in [3.8, 4) is 0 Å². The molecule has 1 aliphatic heterocycles. The molecule has 2 fully saturated rings. The van der Waals surface area contributed by atoms with E-state index in [0.717, 1.165) is 35.5 Å². The van der Waals surface area contributed by atoms with Crippen LogP contribution in [0.5, 0.6) is 0 Å². The average Bonchev–Trinajstić information content (AvgIpc) is 3.94. The number of fused-ring (bicyclic) bond motifs is 1. The van der Waals surface area contributed by atoms with Crippen LogP contribution in [-0.2, 0) is 11.2 Å². The highest BCUT2D eigenvalue weighted by molar-refractivity contribution is 7.98. The van der Waals surface area contributed by atoms with E-state index in [4.69, 9.17) is 11.6 Å². The predicted octanol–water partition coefficient (Wildman–Crippen LogP) is 7.15. The summed E-state index contributed by atoms with van der Waals surface area (Å²) in [6, 6.07) is 25.4. The summed E-state index contributed by atoms with van der Waals surface area (Å²) >= 11 is 8.07. The third kappa shape index (κ3) is 8.90. The molecule has 1 saturated heterocycles. The molecule has 252 valence electrons. The Labute approximate surface area is 293 Å². The number of carbonyl (C=O) groups excluding carboxylic acids is 2. The van der Waals surface area contributed by atoms with Gasteiger partial charge in [0, 0.05) is 72.5 Å². The van der Waals surface area contributed by atoms with Crippen LogP contribution in [0.15, 0.2) is 85.1 Å². The van der Waals surface area contributed by atoms with E-state index in [1.165, 1.54) is 42.7 Å². The van der Waals surface area contributed by atoms with Crippen molar-refractivity contribution in [3.05, 3.63) is 107 Å². The molecular weight excluding hydrogens is 638 g/mol. The number of aromatic nitrogens is 1. The lowest BCUT2D eigenvalue weighted by Crippen LogP contribution is -2.55. The lowest BCUT2D eigenvalue weighted by molar-refractivity contribution is -0.133. The Kier molecular flexibility index (Phi) is 11.6. The van der Waals surface area contributed by atoms with Gasteiger partial charge < -0.3 is 20.4 Å². The number of halogens is 1. The SMILES string of the molecule is CSCCC(CC1CC1)NC(C)c1ccccc1N1CCN(C(=O)C(Cc2ccc(Cl)cc2)NC(=O)c2ccc3ncccc3c2)CC1. The summed E-state index contributed by atoms with van der Waals surface area (Å²) in [6.07, 6.45) is 9.50. The van der Waals surface area contributed by atoms with Crippen molar-refractivity contribution in [2.75, 3.05) is 43.1 Å². The summed E-state index contributed by atoms with van der Waals surface area (Å²) in [4.78, 5) is 36.3. The average molecular weight is 684 g/mol. The standard InChI is InChI=1S/C39H46ClN5O2S/c1-27(42-33(17-23-48-2)24-28-9-10-28)34-7-3-4-8-37(34)44-19-21-45(22-20-44)39(47)36(25-29-11-14-32(40)15-12-29)43-38(46)31-13-16-35-30(26-31)6-5-18-41-35/h3-8,11-16,18,26-28,33,36,42H,9-10,17,19-25H2,1-2H3,(H,43,46). The molecule has 3 atom stereocenters. The van der Waals surface area contributed by atoms with Gasteiger partial charge in [0.2, 0.25) is 5.91 Å². The summed E-state index contributed by atoms with van der Waals surface area (Å²) in [5.41, 5.74) is 4.80. The number of anilines is 1. The fourth-order valence-corrected chi connectivity index (χ4v) is 7.42. The quantitative estimate of drug-likeness (QED) is 0.147. The molecule has 7 nitrogen and oxygen atoms in total. The smallest absolute Gasteiger partial charge is 0.251 e. The van der Waals surface area contributed by atoms with Gasteiger partial charge in [0.15, 0.2) is 0 Å². The Morgan fingerprint density at radius 1 is 0.979 bits per heavy atom. The van der Waals surface area contributed by atoms with Gasteiger partial charge in [-0.05, 0) is 91.3 Å². The highest BCUT2D eigenvalue weighted by Gasteiger charge is 2.31. The minimum atomic E-state index is -0.712. The van der Waals surface area contributed by atoms with E-state index >= 15 is 0 Å². The summed E-state index contributed by atoms with van der Waals surface area (Å²) in [5.74, 6) is 1.71. The van der Waals surface area contributed by atoms with Crippen molar-refractivity contribution in [2.45, 2.75) is 57.2 Å². The zero-order valence-corrected chi connectivity index (χ0v) is 29.5. The number of hydrogen-bond donors (Lipinski definition) is 2. The number of nitrogens with zero attached hydrogens (tertiary/aromatic N) is 3. The van der Waals surface area contributed by atoms with Gasteiger partial charge in [-0.15, -0.1) is 0 Å². The number of thioether (sulfide) groups is 1. The summed E-state index contributed by atoms with van der Waals surface area (Å²) < 4.78 is 0. The molecule has 9 heteroatoms. The highest BCUT2D eigenvalue weighted by atomic mass is 35.5. The molecule has 0 radical (unpaired) electrons. The Hall–Kier alpha value is -3.59. The molecule has 2 N–H and O–H groups in total. The van der Waals surface area contributed by atoms with E-state index in [1.807, 2.05) is 65.2 Å². The van der Waals surface area contributed by atoms with Gasteiger partial charge in [-0.25, -0.2) is 0 Å². The van der Waals surface area contributed by atoms with Crippen molar-refractivity contribution in [1.29, 1.82) is 0 Å². The number of piperazine rings is 1. The van der Waals surface area contributed by atoms with Crippen LogP contribution in [0.3, 0.4) is 0 Å². The second kappa shape index (κ2) is 16.2. The molecule has 0 spiro atoms. The van der Waals surface area contributed by atoms with Crippen LogP contribution in [0, 0.1) is 5.92 Å². The van der Waals surface area contributed by atoms with Crippen molar-refractivity contribution >= 4 is 51.8 Å². The Balaban J connectivity index is 1.13. The number of carbonyl (C=O) groups is 2. The minimum absolute atomic E-state index is 0.0690. The van der Waals surface area contributed by atoms with Crippen molar-refractivity contribution in [1.82, 2.24) is 20.5 Å². The van der Waals surface area contributed by atoms with Gasteiger partial charge in [0.05, 0.1) is 5.52 Å². The first-order valence-electron chi connectivity index (χ1n) is 17.2. The number of nitrogens with one attached hydrogen (secondary N) is 2. The molecule has 2 amide bonds. The molecule has 1 saturated carbocycles. The topological polar surface area (TPSA) is 77.6 Å². The molecule has 2 aliphatic rings. The van der Waals surface area contributed by atoms with Gasteiger partial charge >= 0.3 is 0 Å². The summed E-state index contributed by atoms with van der Waals surface area (Å²) in [5, 5.41) is 8.55. The second-order valence-corrected chi connectivity index (χ2v) is 14.6. The van der Waals surface area contributed by atoms with Gasteiger partial charge in [-0.1, -0.05) is 60.8 Å². The molecule has 0 bridgehead atoms. The monoisotopic (exact) mass is 683 g/mol. The molecule has 48 heavy (non-hydrogen) atoms. The van der Waals surface area contributed by atoms with E-state index in [-0.39, 0.29) is 17.9 Å². The molecule has 4 aromatic rings. The second-order valence-electron chi connectivity index (χ2n) is 13.2. The first-order valence-corrected chi connectivity index (χ1v) is 18.9. The maximum atomic E-state index is 14.1. The maximum absolute atomic E-state index is 14.1. The predicted molar refractivity (Wildman–Crippen MR) is 199 cm³/mol. The molecule has 3 aromatic carbocycles. The van der Waals surface area contributed by atoms with Gasteiger partial charge in [0.1, 0.15) is 6.04 Å². The summed E-state index contributed by atoms with van der Waals surface area (Å²) in [6.45, 7) is 4.91. The number of para-hydroxylation sites is 1. The fourth-order valence-electron chi connectivity index (χ4n) is 6.77. The van der Waals surface area contributed by atoms with E-state index in [2.05, 4.69) is 58.0 Å². The molecule has 1 aromatic heterocycles. The van der Waals surface area contributed by atoms with Crippen LogP contribution in [0.4, 0.5) is 5.69 Å². The number of benzene rings is 3. The van der Waals surface area contributed by atoms with Crippen LogP contribution < -0.4 is 15.5 Å². The third-order valence-corrected chi connectivity index (χ3v) is 10.5. The maximum Gasteiger partial charge on any atom is 0.251 e. The Morgan fingerprint density at radius 2 is 1.75 bits per heavy atom. The van der Waals surface area contributed by atoms with E-state index in [9.17, 15) is 9.59 Å². The van der Waals surface area contributed by atoms with Crippen LogP contribution >= 0.6 is 23.4 Å². The van der Waals surface area contributed by atoms with Gasteiger partial charge in [-0.2, -0.15) is 11.8 Å². The number of pyridine rings is 1. The zero-order valence-electron chi connectivity index (χ0n) is 27.9. The van der Waals surface area contributed by atoms with Gasteiger partial charge in [-0.3, -0.25) is 14.6 Å². The fraction of sp³-hybridized carbons (Fsp3) is 0.410. The molecule has 3 unspecified atom stereocenters. The van der Waals surface area contributed by atoms with Crippen LogP contribution in [0.25, 0.3) is 10.9 Å². The van der Waals surface area contributed by atoms with E-state index in [0.29, 0.717) is 36.1 Å². The number of rotatable bonds is 14. The first kappa shape index (κ1) is 34.3. The molecule has 1 aliphatic carbocycles. The Bertz CT molecular complexity index is 1690. The lowest BCUT2D eigenvalue weighted by Gasteiger charge is -2.39. The number of hydrogen-bond acceptors (Lipinski definition) is 6. The van der Waals surface area contributed by atoms with Crippen molar-refractivity contribution < 1.29 is 9.59 Å². The molecular formula is C39H46ClN5O2S. The van der Waals surface area contributed by atoms with Gasteiger partial charge in [0.25, 0.3) is 5.91 Å². The number of amides is 2. The zero-order chi connectivity index (χ0) is 33.5. The lowest BCUT2D eigenvalue weighted by atomic mass is 10.0. The first-order chi connectivity index (χ1) is 23.4. The largest absolute Gasteiger partial charge is 0.368 e. The minimum Gasteiger partial charge on any atom is -0.368 e. The third-order valence-electron chi connectivity index (χ3n) is 9.63. The highest BCUT2D eigenvalue weighted by Crippen LogP contribution is 2.35. The van der Waals surface area contributed by atoms with Crippen LogP contribution in [0.1, 0.15) is 60.1 Å². The van der Waals surface area contributed by atoms with E-state index in [1.54, 1.807) is 12.3 Å². The van der Waals surface area contributed by atoms with E-state index < -0.39 is 6.04 Å². The van der Waals surface area contributed by atoms with Crippen molar-refractivity contribution in [2.24, 2.45) is 5.92 Å². The normalized spacial score (nSPS) is 16.8. The van der Waals surface area contributed by atoms with Crippen LogP contribution in [0.2, 0.25) is 5.02 Å². The van der Waals surface area contributed by atoms with Crippen LogP contribution in [-0.4, -0.2) is 72.0 Å². The summed E-state index contributed by atoms with van der Waals surface area (Å²) in [7, 11) is 0. The molecule has 2 heterocycles. The van der Waals surface area contributed by atoms with Crippen molar-refractivity contribution in [3.63, 3.8) is 0 Å². The Morgan fingerprint density at radius 3 is 2.50 bits per heavy atom.